The van der Waals surface area contributed by atoms with Crippen LogP contribution in [0.15, 0.2) is 0 Å². The van der Waals surface area contributed by atoms with E-state index in [-0.39, 0.29) is 0 Å². The quantitative estimate of drug-likeness (QED) is 0.745. The van der Waals surface area contributed by atoms with E-state index in [0.29, 0.717) is 0 Å². The van der Waals surface area contributed by atoms with Crippen LogP contribution in [0.3, 0.4) is 0 Å². The summed E-state index contributed by atoms with van der Waals surface area (Å²) in [5.74, 6) is 3.65. The summed E-state index contributed by atoms with van der Waals surface area (Å²) < 4.78 is 0. The van der Waals surface area contributed by atoms with Crippen LogP contribution in [0, 0.1) is 5.92 Å². The summed E-state index contributed by atoms with van der Waals surface area (Å²) >= 11 is 2.10. The van der Waals surface area contributed by atoms with Crippen molar-refractivity contribution in [2.75, 3.05) is 38.2 Å². The van der Waals surface area contributed by atoms with Crippen LogP contribution < -0.4 is 5.32 Å². The molecule has 0 amide bonds. The fraction of sp³-hybridized carbons (Fsp3) is 1.00. The average molecular weight is 214 g/mol. The lowest BCUT2D eigenvalue weighted by molar-refractivity contribution is 0.300. The molecule has 1 aliphatic carbocycles. The first-order valence-corrected chi connectivity index (χ1v) is 7.00. The van der Waals surface area contributed by atoms with Gasteiger partial charge in [-0.3, -0.25) is 0 Å². The number of hydrogen-bond donors (Lipinski definition) is 1. The summed E-state index contributed by atoms with van der Waals surface area (Å²) in [4.78, 5) is 2.51. The highest BCUT2D eigenvalue weighted by Crippen LogP contribution is 2.29. The van der Waals surface area contributed by atoms with Crippen molar-refractivity contribution < 1.29 is 0 Å². The molecule has 0 bridgehead atoms. The predicted molar refractivity (Wildman–Crippen MR) is 64.0 cm³/mol. The molecular weight excluding hydrogens is 192 g/mol. The summed E-state index contributed by atoms with van der Waals surface area (Å²) in [5.41, 5.74) is 0. The van der Waals surface area contributed by atoms with Gasteiger partial charge >= 0.3 is 0 Å². The normalized spacial score (nSPS) is 28.3. The molecule has 1 saturated carbocycles. The summed E-state index contributed by atoms with van der Waals surface area (Å²) in [6, 6.07) is 0.774. The molecule has 1 saturated heterocycles. The van der Waals surface area contributed by atoms with Crippen LogP contribution >= 0.6 is 11.8 Å². The van der Waals surface area contributed by atoms with Crippen LogP contribution in [0.1, 0.15) is 19.3 Å². The van der Waals surface area contributed by atoms with Crippen LogP contribution in [0.2, 0.25) is 0 Å². The van der Waals surface area contributed by atoms with Crippen molar-refractivity contribution in [2.24, 2.45) is 5.92 Å². The van der Waals surface area contributed by atoms with E-state index in [0.717, 1.165) is 12.0 Å². The minimum atomic E-state index is 0.774. The van der Waals surface area contributed by atoms with Gasteiger partial charge in [-0.1, -0.05) is 0 Å². The Kier molecular flexibility index (Phi) is 4.14. The molecule has 1 N–H and O–H groups in total. The monoisotopic (exact) mass is 214 g/mol. The molecule has 2 rings (SSSR count). The lowest BCUT2D eigenvalue weighted by Gasteiger charge is -2.25. The zero-order chi connectivity index (χ0) is 9.80. The second-order valence-electron chi connectivity index (χ2n) is 4.72. The van der Waals surface area contributed by atoms with Gasteiger partial charge in [0.05, 0.1) is 0 Å². The molecule has 1 unspecified atom stereocenters. The van der Waals surface area contributed by atoms with Gasteiger partial charge in [-0.15, -0.1) is 0 Å². The molecule has 0 aromatic rings. The van der Waals surface area contributed by atoms with Crippen molar-refractivity contribution in [1.29, 1.82) is 0 Å². The lowest BCUT2D eigenvalue weighted by Crippen LogP contribution is -2.39. The lowest BCUT2D eigenvalue weighted by atomic mass is 10.2. The Morgan fingerprint density at radius 2 is 2.29 bits per heavy atom. The first-order valence-electron chi connectivity index (χ1n) is 5.84. The van der Waals surface area contributed by atoms with E-state index in [1.54, 1.807) is 0 Å². The van der Waals surface area contributed by atoms with E-state index >= 15 is 0 Å². The van der Waals surface area contributed by atoms with Gasteiger partial charge in [0.1, 0.15) is 0 Å². The van der Waals surface area contributed by atoms with Crippen LogP contribution in [0.4, 0.5) is 0 Å². The Morgan fingerprint density at radius 3 is 2.93 bits per heavy atom. The van der Waals surface area contributed by atoms with Gasteiger partial charge in [-0.2, -0.15) is 11.8 Å². The standard InChI is InChI=1S/C11H22N2S/c1-13(8-10-2-3-10)6-4-11-9-14-7-5-12-11/h10-12H,2-9H2,1H3. The Balaban J connectivity index is 1.55. The van der Waals surface area contributed by atoms with E-state index in [2.05, 4.69) is 29.0 Å². The van der Waals surface area contributed by atoms with Gasteiger partial charge in [0.2, 0.25) is 0 Å². The number of rotatable bonds is 5. The first-order chi connectivity index (χ1) is 6.84. The van der Waals surface area contributed by atoms with E-state index in [9.17, 15) is 0 Å². The Labute approximate surface area is 91.8 Å². The van der Waals surface area contributed by atoms with Crippen LogP contribution in [-0.4, -0.2) is 49.1 Å². The highest BCUT2D eigenvalue weighted by molar-refractivity contribution is 7.99. The Bertz CT molecular complexity index is 165. The fourth-order valence-electron chi connectivity index (χ4n) is 2.01. The van der Waals surface area contributed by atoms with Crippen molar-refractivity contribution in [3.05, 3.63) is 0 Å². The summed E-state index contributed by atoms with van der Waals surface area (Å²) in [6.45, 7) is 3.82. The smallest absolute Gasteiger partial charge is 0.0170 e. The van der Waals surface area contributed by atoms with Crippen LogP contribution in [0.25, 0.3) is 0 Å². The number of nitrogens with zero attached hydrogens (tertiary/aromatic N) is 1. The minimum absolute atomic E-state index is 0.774. The molecule has 2 fully saturated rings. The second kappa shape index (κ2) is 5.38. The van der Waals surface area contributed by atoms with E-state index in [1.807, 2.05) is 0 Å². The SMILES string of the molecule is CN(CCC1CSCCN1)CC1CC1. The highest BCUT2D eigenvalue weighted by atomic mass is 32.2. The molecule has 0 aromatic carbocycles. The largest absolute Gasteiger partial charge is 0.312 e. The molecule has 0 radical (unpaired) electrons. The van der Waals surface area contributed by atoms with Gasteiger partial charge in [-0.25, -0.2) is 0 Å². The topological polar surface area (TPSA) is 15.3 Å². The fourth-order valence-corrected chi connectivity index (χ4v) is 3.01. The third-order valence-electron chi connectivity index (χ3n) is 3.12. The Hall–Kier alpha value is 0.270. The van der Waals surface area contributed by atoms with E-state index in [1.165, 1.54) is 50.4 Å². The molecule has 0 spiro atoms. The minimum Gasteiger partial charge on any atom is -0.312 e. The highest BCUT2D eigenvalue weighted by Gasteiger charge is 2.23. The number of hydrogen-bond acceptors (Lipinski definition) is 3. The average Bonchev–Trinajstić information content (AvgIpc) is 3.00. The third kappa shape index (κ3) is 3.79. The molecule has 1 atom stereocenters. The maximum atomic E-state index is 3.60. The summed E-state index contributed by atoms with van der Waals surface area (Å²) in [7, 11) is 2.27. The van der Waals surface area contributed by atoms with Crippen molar-refractivity contribution in [3.8, 4) is 0 Å². The molecule has 3 heteroatoms. The van der Waals surface area contributed by atoms with Crippen molar-refractivity contribution in [1.82, 2.24) is 10.2 Å². The number of thioether (sulfide) groups is 1. The second-order valence-corrected chi connectivity index (χ2v) is 5.87. The molecule has 1 heterocycles. The molecule has 82 valence electrons. The van der Waals surface area contributed by atoms with E-state index < -0.39 is 0 Å². The molecule has 0 aromatic heterocycles. The van der Waals surface area contributed by atoms with Crippen molar-refractivity contribution in [3.63, 3.8) is 0 Å². The molecule has 1 aliphatic heterocycles. The molecular formula is C11H22N2S. The van der Waals surface area contributed by atoms with Gasteiger partial charge in [-0.05, 0) is 38.8 Å². The zero-order valence-electron chi connectivity index (χ0n) is 9.17. The number of nitrogens with one attached hydrogen (secondary N) is 1. The van der Waals surface area contributed by atoms with Gasteiger partial charge in [0.25, 0.3) is 0 Å². The molecule has 14 heavy (non-hydrogen) atoms. The van der Waals surface area contributed by atoms with Gasteiger partial charge < -0.3 is 10.2 Å². The third-order valence-corrected chi connectivity index (χ3v) is 4.26. The van der Waals surface area contributed by atoms with Crippen LogP contribution in [0.5, 0.6) is 0 Å². The predicted octanol–water partition coefficient (Wildman–Crippen LogP) is 1.42. The summed E-state index contributed by atoms with van der Waals surface area (Å²) in [6.07, 6.45) is 4.28. The Morgan fingerprint density at radius 1 is 1.43 bits per heavy atom. The zero-order valence-corrected chi connectivity index (χ0v) is 9.98. The van der Waals surface area contributed by atoms with Crippen molar-refractivity contribution in [2.45, 2.75) is 25.3 Å². The first kappa shape index (κ1) is 10.8. The van der Waals surface area contributed by atoms with E-state index in [4.69, 9.17) is 0 Å². The maximum absolute atomic E-state index is 3.60. The van der Waals surface area contributed by atoms with Crippen LogP contribution in [-0.2, 0) is 0 Å². The van der Waals surface area contributed by atoms with Crippen molar-refractivity contribution >= 4 is 11.8 Å². The van der Waals surface area contributed by atoms with Gasteiger partial charge in [0, 0.05) is 30.6 Å². The maximum Gasteiger partial charge on any atom is 0.0170 e. The molecule has 2 nitrogen and oxygen atoms in total. The molecule has 2 aliphatic rings. The van der Waals surface area contributed by atoms with Gasteiger partial charge in [0.15, 0.2) is 0 Å². The summed E-state index contributed by atoms with van der Waals surface area (Å²) in [5, 5.41) is 3.60.